The van der Waals surface area contributed by atoms with E-state index in [4.69, 9.17) is 5.11 Å². The van der Waals surface area contributed by atoms with E-state index in [1.165, 1.54) is 0 Å². The highest BCUT2D eigenvalue weighted by Gasteiger charge is 2.24. The maximum atomic E-state index is 12.3. The van der Waals surface area contributed by atoms with E-state index in [9.17, 15) is 4.79 Å². The van der Waals surface area contributed by atoms with Gasteiger partial charge >= 0.3 is 6.03 Å². The summed E-state index contributed by atoms with van der Waals surface area (Å²) in [7, 11) is 0. The van der Waals surface area contributed by atoms with Crippen LogP contribution in [0.3, 0.4) is 0 Å². The van der Waals surface area contributed by atoms with Gasteiger partial charge in [-0.1, -0.05) is 19.1 Å². The molecule has 2 aromatic rings. The average Bonchev–Trinajstić information content (AvgIpc) is 3.01. The van der Waals surface area contributed by atoms with Crippen LogP contribution in [0, 0.1) is 6.92 Å². The number of carbonyl (C=O) groups is 1. The van der Waals surface area contributed by atoms with Gasteiger partial charge in [0, 0.05) is 30.2 Å². The Morgan fingerprint density at radius 2 is 2.04 bits per heavy atom. The van der Waals surface area contributed by atoms with Crippen molar-refractivity contribution in [2.45, 2.75) is 52.1 Å². The van der Waals surface area contributed by atoms with Crippen LogP contribution in [0.4, 0.5) is 4.79 Å². The number of amides is 2. The quantitative estimate of drug-likeness (QED) is 0.722. The van der Waals surface area contributed by atoms with Crippen molar-refractivity contribution < 1.29 is 9.90 Å². The summed E-state index contributed by atoms with van der Waals surface area (Å²) in [5.41, 5.74) is 1.66. The molecule has 0 radical (unpaired) electrons. The van der Waals surface area contributed by atoms with Gasteiger partial charge in [0.25, 0.3) is 0 Å². The van der Waals surface area contributed by atoms with Crippen molar-refractivity contribution in [1.29, 1.82) is 0 Å². The zero-order valence-electron chi connectivity index (χ0n) is 15.4. The lowest BCUT2D eigenvalue weighted by Gasteiger charge is -2.30. The van der Waals surface area contributed by atoms with Crippen LogP contribution in [0.1, 0.15) is 51.0 Å². The topological polar surface area (TPSA) is 79.2 Å². The molecule has 2 rings (SSSR count). The van der Waals surface area contributed by atoms with Gasteiger partial charge in [0.2, 0.25) is 0 Å². The molecule has 0 aliphatic rings. The van der Waals surface area contributed by atoms with Crippen LogP contribution in [0.25, 0.3) is 5.69 Å². The van der Waals surface area contributed by atoms with Crippen LogP contribution in [-0.4, -0.2) is 32.8 Å². The van der Waals surface area contributed by atoms with Gasteiger partial charge in [-0.25, -0.2) is 9.78 Å². The first-order chi connectivity index (χ1) is 11.9. The van der Waals surface area contributed by atoms with Crippen LogP contribution >= 0.6 is 0 Å². The van der Waals surface area contributed by atoms with Crippen molar-refractivity contribution in [2.24, 2.45) is 0 Å². The highest BCUT2D eigenvalue weighted by atomic mass is 16.3. The Balaban J connectivity index is 2.00. The first-order valence-corrected chi connectivity index (χ1v) is 8.68. The zero-order chi connectivity index (χ0) is 18.4. The van der Waals surface area contributed by atoms with E-state index < -0.39 is 5.54 Å². The van der Waals surface area contributed by atoms with Gasteiger partial charge in [-0.3, -0.25) is 0 Å². The molecule has 0 saturated heterocycles. The van der Waals surface area contributed by atoms with E-state index >= 15 is 0 Å². The molecular weight excluding hydrogens is 316 g/mol. The fourth-order valence-corrected chi connectivity index (χ4v) is 2.74. The number of aliphatic hydroxyl groups excluding tert-OH is 1. The fourth-order valence-electron chi connectivity index (χ4n) is 2.74. The molecule has 0 spiro atoms. The molecule has 2 amide bonds. The average molecular weight is 344 g/mol. The van der Waals surface area contributed by atoms with Crippen molar-refractivity contribution in [3.63, 3.8) is 0 Å². The van der Waals surface area contributed by atoms with Crippen molar-refractivity contribution in [3.05, 3.63) is 48.0 Å². The van der Waals surface area contributed by atoms with Gasteiger partial charge in [0.05, 0.1) is 6.04 Å². The van der Waals surface area contributed by atoms with Gasteiger partial charge in [0.1, 0.15) is 5.82 Å². The lowest BCUT2D eigenvalue weighted by molar-refractivity contribution is 0.199. The monoisotopic (exact) mass is 344 g/mol. The summed E-state index contributed by atoms with van der Waals surface area (Å²) < 4.78 is 2.01. The molecule has 2 unspecified atom stereocenters. The third kappa shape index (κ3) is 4.82. The highest BCUT2D eigenvalue weighted by molar-refractivity contribution is 5.75. The van der Waals surface area contributed by atoms with E-state index in [2.05, 4.69) is 15.6 Å². The Labute approximate surface area is 149 Å². The summed E-state index contributed by atoms with van der Waals surface area (Å²) in [6.07, 6.45) is 4.99. The van der Waals surface area contributed by atoms with Crippen LogP contribution in [-0.2, 0) is 0 Å². The minimum atomic E-state index is -0.401. The fraction of sp³-hybridized carbons (Fsp3) is 0.474. The largest absolute Gasteiger partial charge is 0.396 e. The minimum Gasteiger partial charge on any atom is -0.396 e. The number of aromatic nitrogens is 2. The van der Waals surface area contributed by atoms with E-state index in [1.54, 1.807) is 6.20 Å². The molecule has 0 saturated carbocycles. The van der Waals surface area contributed by atoms with Gasteiger partial charge < -0.3 is 20.3 Å². The predicted molar refractivity (Wildman–Crippen MR) is 98.8 cm³/mol. The molecule has 0 fully saturated rings. The van der Waals surface area contributed by atoms with Gasteiger partial charge in [0.15, 0.2) is 0 Å². The van der Waals surface area contributed by atoms with Gasteiger partial charge in [-0.05, 0) is 51.3 Å². The number of aliphatic hydroxyl groups is 1. The summed E-state index contributed by atoms with van der Waals surface area (Å²) in [6, 6.07) is 7.70. The Morgan fingerprint density at radius 3 is 2.56 bits per heavy atom. The third-order valence-electron chi connectivity index (χ3n) is 4.70. The van der Waals surface area contributed by atoms with E-state index in [0.29, 0.717) is 6.42 Å². The maximum absolute atomic E-state index is 12.3. The first-order valence-electron chi connectivity index (χ1n) is 8.68. The molecular formula is C19H28N4O2. The summed E-state index contributed by atoms with van der Waals surface area (Å²) in [5, 5.41) is 15.1. The second-order valence-electron chi connectivity index (χ2n) is 6.64. The normalized spacial score (nSPS) is 14.6. The molecule has 6 nitrogen and oxygen atoms in total. The maximum Gasteiger partial charge on any atom is 0.315 e. The molecule has 0 aliphatic heterocycles. The van der Waals surface area contributed by atoms with Crippen molar-refractivity contribution in [1.82, 2.24) is 20.2 Å². The molecule has 1 aromatic carbocycles. The lowest BCUT2D eigenvalue weighted by Crippen LogP contribution is -2.50. The third-order valence-corrected chi connectivity index (χ3v) is 4.70. The number of nitrogens with zero attached hydrogens (tertiary/aromatic N) is 2. The van der Waals surface area contributed by atoms with Crippen molar-refractivity contribution >= 4 is 6.03 Å². The van der Waals surface area contributed by atoms with E-state index in [1.807, 2.05) is 62.7 Å². The SMILES string of the molecule is CCC(C)(CCO)NC(=O)NC(C)c1ccc(-n2ccnc2C)cc1. The predicted octanol–water partition coefficient (Wildman–Crippen LogP) is 3.09. The number of benzene rings is 1. The molecule has 25 heavy (non-hydrogen) atoms. The Hall–Kier alpha value is -2.34. The number of imidazole rings is 1. The second kappa shape index (κ2) is 8.16. The van der Waals surface area contributed by atoms with Crippen molar-refractivity contribution in [3.8, 4) is 5.69 Å². The molecule has 0 aliphatic carbocycles. The molecule has 136 valence electrons. The summed E-state index contributed by atoms with van der Waals surface area (Å²) in [4.78, 5) is 16.5. The van der Waals surface area contributed by atoms with Crippen LogP contribution in [0.15, 0.2) is 36.7 Å². The molecule has 3 N–H and O–H groups in total. The van der Waals surface area contributed by atoms with Crippen LogP contribution in [0.5, 0.6) is 0 Å². The number of aryl methyl sites for hydroxylation is 1. The second-order valence-corrected chi connectivity index (χ2v) is 6.64. The number of nitrogens with one attached hydrogen (secondary N) is 2. The number of hydrogen-bond acceptors (Lipinski definition) is 3. The smallest absolute Gasteiger partial charge is 0.315 e. The Kier molecular flexibility index (Phi) is 6.20. The summed E-state index contributed by atoms with van der Waals surface area (Å²) >= 11 is 0. The molecule has 2 atom stereocenters. The number of rotatable bonds is 7. The molecule has 1 aromatic heterocycles. The number of carbonyl (C=O) groups excluding carboxylic acids is 1. The molecule has 1 heterocycles. The lowest BCUT2D eigenvalue weighted by atomic mass is 9.95. The summed E-state index contributed by atoms with van der Waals surface area (Å²) in [5.74, 6) is 0.932. The Bertz CT molecular complexity index is 696. The highest BCUT2D eigenvalue weighted by Crippen LogP contribution is 2.18. The van der Waals surface area contributed by atoms with Crippen LogP contribution < -0.4 is 10.6 Å². The Morgan fingerprint density at radius 1 is 1.36 bits per heavy atom. The number of hydrogen-bond donors (Lipinski definition) is 3. The summed E-state index contributed by atoms with van der Waals surface area (Å²) in [6.45, 7) is 7.90. The van der Waals surface area contributed by atoms with Gasteiger partial charge in [-0.2, -0.15) is 0 Å². The van der Waals surface area contributed by atoms with Crippen LogP contribution in [0.2, 0.25) is 0 Å². The zero-order valence-corrected chi connectivity index (χ0v) is 15.4. The van der Waals surface area contributed by atoms with Gasteiger partial charge in [-0.15, -0.1) is 0 Å². The van der Waals surface area contributed by atoms with E-state index in [0.717, 1.165) is 23.5 Å². The van der Waals surface area contributed by atoms with Crippen molar-refractivity contribution in [2.75, 3.05) is 6.61 Å². The standard InChI is InChI=1S/C19H28N4O2/c1-5-19(4,10-13-24)22-18(25)21-14(2)16-6-8-17(9-7-16)23-12-11-20-15(23)3/h6-9,11-12,14,24H,5,10,13H2,1-4H3,(H2,21,22,25). The molecule has 0 bridgehead atoms. The van der Waals surface area contributed by atoms with E-state index in [-0.39, 0.29) is 18.7 Å². The first kappa shape index (κ1) is 19.0. The molecule has 6 heteroatoms. The number of urea groups is 1. The minimum absolute atomic E-state index is 0.0509.